The van der Waals surface area contributed by atoms with Gasteiger partial charge in [0, 0.05) is 0 Å². The average Bonchev–Trinajstić information content (AvgIpc) is 2.50. The van der Waals surface area contributed by atoms with Gasteiger partial charge in [-0.1, -0.05) is 12.1 Å². The first-order valence-corrected chi connectivity index (χ1v) is 6.54. The first-order chi connectivity index (χ1) is 10.5. The number of benzene rings is 2. The van der Waals surface area contributed by atoms with E-state index in [0.717, 1.165) is 5.56 Å². The summed E-state index contributed by atoms with van der Waals surface area (Å²) < 4.78 is 5.10. The molecule has 0 aliphatic heterocycles. The third-order valence-corrected chi connectivity index (χ3v) is 3.01. The van der Waals surface area contributed by atoms with Crippen molar-refractivity contribution in [2.75, 3.05) is 0 Å². The standard InChI is InChI=1S/C16H15NO5/c17-14(9-10-1-5-12(18)6-2-10)16(21)22-13-7-3-11(4-8-13)15(19)20/h1-8,14,18H,9,17H2,(H,19,20)/t14-/m0/s1. The lowest BCUT2D eigenvalue weighted by Gasteiger charge is -2.11. The first kappa shape index (κ1) is 15.5. The van der Waals surface area contributed by atoms with Gasteiger partial charge in [0.15, 0.2) is 0 Å². The van der Waals surface area contributed by atoms with E-state index in [1.165, 1.54) is 36.4 Å². The molecule has 4 N–H and O–H groups in total. The highest BCUT2D eigenvalue weighted by Crippen LogP contribution is 2.14. The van der Waals surface area contributed by atoms with E-state index >= 15 is 0 Å². The Morgan fingerprint density at radius 1 is 1.05 bits per heavy atom. The van der Waals surface area contributed by atoms with Crippen LogP contribution < -0.4 is 10.5 Å². The number of carboxylic acids is 1. The van der Waals surface area contributed by atoms with E-state index in [1.54, 1.807) is 12.1 Å². The fraction of sp³-hybridized carbons (Fsp3) is 0.125. The molecule has 0 saturated heterocycles. The van der Waals surface area contributed by atoms with Crippen LogP contribution in [0.4, 0.5) is 0 Å². The molecule has 114 valence electrons. The van der Waals surface area contributed by atoms with Gasteiger partial charge < -0.3 is 20.7 Å². The molecule has 2 aromatic rings. The SMILES string of the molecule is N[C@@H](Cc1ccc(O)cc1)C(=O)Oc1ccc(C(=O)O)cc1. The number of esters is 1. The van der Waals surface area contributed by atoms with Gasteiger partial charge in [-0.2, -0.15) is 0 Å². The van der Waals surface area contributed by atoms with Gasteiger partial charge in [0.2, 0.25) is 0 Å². The van der Waals surface area contributed by atoms with E-state index in [9.17, 15) is 14.7 Å². The molecule has 22 heavy (non-hydrogen) atoms. The second-order valence-electron chi connectivity index (χ2n) is 4.73. The normalized spacial score (nSPS) is 11.7. The van der Waals surface area contributed by atoms with E-state index in [0.29, 0.717) is 0 Å². The fourth-order valence-electron chi connectivity index (χ4n) is 1.83. The highest BCUT2D eigenvalue weighted by molar-refractivity contribution is 5.87. The number of phenolic OH excluding ortho intramolecular Hbond substituents is 1. The summed E-state index contributed by atoms with van der Waals surface area (Å²) in [6, 6.07) is 11.0. The minimum Gasteiger partial charge on any atom is -0.508 e. The summed E-state index contributed by atoms with van der Waals surface area (Å²) in [4.78, 5) is 22.6. The van der Waals surface area contributed by atoms with Gasteiger partial charge in [0.25, 0.3) is 0 Å². The van der Waals surface area contributed by atoms with Crippen LogP contribution in [0.3, 0.4) is 0 Å². The average molecular weight is 301 g/mol. The van der Waals surface area contributed by atoms with Crippen molar-refractivity contribution in [3.05, 3.63) is 59.7 Å². The molecule has 0 heterocycles. The Labute approximate surface area is 126 Å². The summed E-state index contributed by atoms with van der Waals surface area (Å²) >= 11 is 0. The molecule has 0 aliphatic carbocycles. The fourth-order valence-corrected chi connectivity index (χ4v) is 1.83. The van der Waals surface area contributed by atoms with Crippen LogP contribution in [-0.4, -0.2) is 28.2 Å². The number of ether oxygens (including phenoxy) is 1. The van der Waals surface area contributed by atoms with Crippen molar-refractivity contribution >= 4 is 11.9 Å². The Morgan fingerprint density at radius 2 is 1.64 bits per heavy atom. The smallest absolute Gasteiger partial charge is 0.335 e. The van der Waals surface area contributed by atoms with Crippen LogP contribution >= 0.6 is 0 Å². The number of carbonyl (C=O) groups excluding carboxylic acids is 1. The summed E-state index contributed by atoms with van der Waals surface area (Å²) in [6.45, 7) is 0. The van der Waals surface area contributed by atoms with Crippen LogP contribution in [0.2, 0.25) is 0 Å². The van der Waals surface area contributed by atoms with Crippen LogP contribution in [0.1, 0.15) is 15.9 Å². The van der Waals surface area contributed by atoms with Gasteiger partial charge in [0.05, 0.1) is 5.56 Å². The highest BCUT2D eigenvalue weighted by Gasteiger charge is 2.17. The van der Waals surface area contributed by atoms with Crippen molar-refractivity contribution < 1.29 is 24.5 Å². The van der Waals surface area contributed by atoms with Crippen molar-refractivity contribution in [3.8, 4) is 11.5 Å². The van der Waals surface area contributed by atoms with Crippen LogP contribution in [0.25, 0.3) is 0 Å². The molecule has 0 spiro atoms. The van der Waals surface area contributed by atoms with Gasteiger partial charge in [-0.3, -0.25) is 0 Å². The van der Waals surface area contributed by atoms with Crippen LogP contribution in [-0.2, 0) is 11.2 Å². The highest BCUT2D eigenvalue weighted by atomic mass is 16.5. The van der Waals surface area contributed by atoms with Crippen molar-refractivity contribution in [1.82, 2.24) is 0 Å². The number of aromatic hydroxyl groups is 1. The first-order valence-electron chi connectivity index (χ1n) is 6.54. The zero-order chi connectivity index (χ0) is 16.1. The van der Waals surface area contributed by atoms with Gasteiger partial charge in [0.1, 0.15) is 17.5 Å². The number of carbonyl (C=O) groups is 2. The molecule has 0 fully saturated rings. The molecule has 0 aliphatic rings. The maximum atomic E-state index is 11.9. The molecule has 0 aromatic heterocycles. The molecule has 6 nitrogen and oxygen atoms in total. The molecule has 0 saturated carbocycles. The van der Waals surface area contributed by atoms with Gasteiger partial charge in [-0.05, 0) is 48.4 Å². The van der Waals surface area contributed by atoms with Gasteiger partial charge in [-0.15, -0.1) is 0 Å². The lowest BCUT2D eigenvalue weighted by atomic mass is 10.1. The molecular weight excluding hydrogens is 286 g/mol. The quantitative estimate of drug-likeness (QED) is 0.571. The predicted molar refractivity (Wildman–Crippen MR) is 78.8 cm³/mol. The molecule has 6 heteroatoms. The number of hydrogen-bond donors (Lipinski definition) is 3. The molecule has 0 unspecified atom stereocenters. The monoisotopic (exact) mass is 301 g/mol. The summed E-state index contributed by atoms with van der Waals surface area (Å²) in [6.07, 6.45) is 0.270. The maximum Gasteiger partial charge on any atom is 0.335 e. The van der Waals surface area contributed by atoms with Crippen molar-refractivity contribution in [3.63, 3.8) is 0 Å². The lowest BCUT2D eigenvalue weighted by Crippen LogP contribution is -2.36. The van der Waals surface area contributed by atoms with E-state index in [2.05, 4.69) is 0 Å². The molecule has 2 aromatic carbocycles. The predicted octanol–water partition coefficient (Wildman–Crippen LogP) is 1.57. The minimum absolute atomic E-state index is 0.105. The Kier molecular flexibility index (Phi) is 4.75. The molecule has 0 radical (unpaired) electrons. The van der Waals surface area contributed by atoms with E-state index < -0.39 is 18.0 Å². The molecule has 1 atom stereocenters. The van der Waals surface area contributed by atoms with E-state index in [-0.39, 0.29) is 23.5 Å². The molecular formula is C16H15NO5. The van der Waals surface area contributed by atoms with Crippen LogP contribution in [0.5, 0.6) is 11.5 Å². The minimum atomic E-state index is -1.05. The Hall–Kier alpha value is -2.86. The largest absolute Gasteiger partial charge is 0.508 e. The lowest BCUT2D eigenvalue weighted by molar-refractivity contribution is -0.135. The van der Waals surface area contributed by atoms with Crippen molar-refractivity contribution in [2.45, 2.75) is 12.5 Å². The molecule has 0 bridgehead atoms. The summed E-state index contributed by atoms with van der Waals surface area (Å²) in [5.41, 5.74) is 6.68. The van der Waals surface area contributed by atoms with E-state index in [4.69, 9.17) is 15.6 Å². The second-order valence-corrected chi connectivity index (χ2v) is 4.73. The number of phenols is 1. The Morgan fingerprint density at radius 3 is 2.18 bits per heavy atom. The second kappa shape index (κ2) is 6.73. The number of aromatic carboxylic acids is 1. The van der Waals surface area contributed by atoms with E-state index in [1.807, 2.05) is 0 Å². The molecule has 2 rings (SSSR count). The Balaban J connectivity index is 1.95. The number of hydrogen-bond acceptors (Lipinski definition) is 5. The topological polar surface area (TPSA) is 110 Å². The zero-order valence-electron chi connectivity index (χ0n) is 11.6. The number of nitrogens with two attached hydrogens (primary N) is 1. The third-order valence-electron chi connectivity index (χ3n) is 3.01. The summed E-state index contributed by atoms with van der Waals surface area (Å²) in [7, 11) is 0. The van der Waals surface area contributed by atoms with Crippen molar-refractivity contribution in [1.29, 1.82) is 0 Å². The Bertz CT molecular complexity index is 664. The third kappa shape index (κ3) is 4.07. The summed E-state index contributed by atoms with van der Waals surface area (Å²) in [5.74, 6) is -1.30. The number of rotatable bonds is 5. The summed E-state index contributed by atoms with van der Waals surface area (Å²) in [5, 5.41) is 18.0. The van der Waals surface area contributed by atoms with Crippen LogP contribution in [0, 0.1) is 0 Å². The van der Waals surface area contributed by atoms with Gasteiger partial charge >= 0.3 is 11.9 Å². The van der Waals surface area contributed by atoms with Crippen molar-refractivity contribution in [2.24, 2.45) is 5.73 Å². The number of carboxylic acid groups (broad SMARTS) is 1. The zero-order valence-corrected chi connectivity index (χ0v) is 11.6. The molecule has 0 amide bonds. The van der Waals surface area contributed by atoms with Crippen LogP contribution in [0.15, 0.2) is 48.5 Å². The van der Waals surface area contributed by atoms with Gasteiger partial charge in [-0.25, -0.2) is 9.59 Å². The maximum absolute atomic E-state index is 11.9.